The molecule has 0 unspecified atom stereocenters. The highest BCUT2D eigenvalue weighted by atomic mass is 32.2. The quantitative estimate of drug-likeness (QED) is 0.347. The van der Waals surface area contributed by atoms with Crippen molar-refractivity contribution in [1.82, 2.24) is 5.43 Å². The summed E-state index contributed by atoms with van der Waals surface area (Å²) in [6.45, 7) is -0.0590. The molecule has 7 nitrogen and oxygen atoms in total. The van der Waals surface area contributed by atoms with Crippen LogP contribution in [0.1, 0.15) is 15.9 Å². The zero-order valence-electron chi connectivity index (χ0n) is 12.6. The summed E-state index contributed by atoms with van der Waals surface area (Å²) in [6.07, 6.45) is 1.34. The highest BCUT2D eigenvalue weighted by Crippen LogP contribution is 2.29. The van der Waals surface area contributed by atoms with Crippen LogP contribution in [0.5, 0.6) is 0 Å². The lowest BCUT2D eigenvalue weighted by Crippen LogP contribution is -2.17. The number of carbonyl (C=O) groups excluding carboxylic acids is 1. The molecule has 1 amide bonds. The van der Waals surface area contributed by atoms with E-state index in [0.717, 1.165) is 0 Å². The predicted octanol–water partition coefficient (Wildman–Crippen LogP) is 2.44. The molecule has 0 atom stereocenters. The number of nitro groups is 1. The molecule has 2 aromatic carbocycles. The first-order valence-electron chi connectivity index (χ1n) is 7.02. The van der Waals surface area contributed by atoms with Crippen LogP contribution in [0.4, 0.5) is 5.69 Å². The Morgan fingerprint density at radius 2 is 2.04 bits per heavy atom. The molecule has 0 aliphatic heterocycles. The summed E-state index contributed by atoms with van der Waals surface area (Å²) < 4.78 is 0. The Bertz CT molecular complexity index is 750. The second-order valence-electron chi connectivity index (χ2n) is 4.62. The fourth-order valence-corrected chi connectivity index (χ4v) is 2.61. The van der Waals surface area contributed by atoms with Crippen molar-refractivity contribution in [1.29, 1.82) is 0 Å². The lowest BCUT2D eigenvalue weighted by molar-refractivity contribution is -0.387. The van der Waals surface area contributed by atoms with Gasteiger partial charge in [0.15, 0.2) is 0 Å². The Labute approximate surface area is 142 Å². The molecule has 24 heavy (non-hydrogen) atoms. The molecule has 0 aromatic heterocycles. The summed E-state index contributed by atoms with van der Waals surface area (Å²) >= 11 is 1.20. The Balaban J connectivity index is 2.07. The van der Waals surface area contributed by atoms with E-state index in [-0.39, 0.29) is 18.2 Å². The van der Waals surface area contributed by atoms with Crippen LogP contribution < -0.4 is 5.43 Å². The lowest BCUT2D eigenvalue weighted by Gasteiger charge is -2.03. The van der Waals surface area contributed by atoms with Gasteiger partial charge in [-0.05, 0) is 18.2 Å². The Morgan fingerprint density at radius 1 is 1.29 bits per heavy atom. The minimum atomic E-state index is -0.487. The highest BCUT2D eigenvalue weighted by molar-refractivity contribution is 7.99. The van der Waals surface area contributed by atoms with E-state index < -0.39 is 4.92 Å². The van der Waals surface area contributed by atoms with Gasteiger partial charge in [-0.3, -0.25) is 14.9 Å². The van der Waals surface area contributed by atoms with Crippen LogP contribution in [0.25, 0.3) is 0 Å². The van der Waals surface area contributed by atoms with Gasteiger partial charge in [0.05, 0.1) is 22.6 Å². The van der Waals surface area contributed by atoms with Gasteiger partial charge in [-0.2, -0.15) is 5.10 Å². The number of hydrazone groups is 1. The van der Waals surface area contributed by atoms with E-state index in [1.54, 1.807) is 42.5 Å². The molecule has 2 N–H and O–H groups in total. The molecule has 0 aliphatic rings. The van der Waals surface area contributed by atoms with Gasteiger partial charge < -0.3 is 5.11 Å². The number of hydrogen-bond acceptors (Lipinski definition) is 6. The molecular formula is C16H15N3O4S. The Morgan fingerprint density at radius 3 is 2.71 bits per heavy atom. The summed E-state index contributed by atoms with van der Waals surface area (Å²) in [5, 5.41) is 23.8. The maximum atomic E-state index is 11.8. The number of hydrogen-bond donors (Lipinski definition) is 2. The number of nitrogens with one attached hydrogen (secondary N) is 1. The third-order valence-electron chi connectivity index (χ3n) is 2.94. The van der Waals surface area contributed by atoms with Gasteiger partial charge >= 0.3 is 0 Å². The van der Waals surface area contributed by atoms with Crippen molar-refractivity contribution in [2.75, 3.05) is 12.4 Å². The number of nitro benzene ring substituents is 1. The van der Waals surface area contributed by atoms with Crippen LogP contribution in [0.2, 0.25) is 0 Å². The van der Waals surface area contributed by atoms with Crippen LogP contribution in [0.3, 0.4) is 0 Å². The number of rotatable bonds is 7. The van der Waals surface area contributed by atoms with Crippen LogP contribution in [-0.4, -0.2) is 34.5 Å². The SMILES string of the molecule is O=C(N/N=C\c1ccc(SCCO)c([N+](=O)[O-])c1)c1ccccc1. The van der Waals surface area contributed by atoms with Gasteiger partial charge in [0, 0.05) is 22.9 Å². The van der Waals surface area contributed by atoms with Gasteiger partial charge in [-0.15, -0.1) is 11.8 Å². The fourth-order valence-electron chi connectivity index (χ4n) is 1.85. The lowest BCUT2D eigenvalue weighted by atomic mass is 10.2. The monoisotopic (exact) mass is 345 g/mol. The van der Waals surface area contributed by atoms with Gasteiger partial charge in [0.25, 0.3) is 11.6 Å². The second kappa shape index (κ2) is 8.80. The molecule has 8 heteroatoms. The predicted molar refractivity (Wildman–Crippen MR) is 92.4 cm³/mol. The minimum Gasteiger partial charge on any atom is -0.396 e. The number of thioether (sulfide) groups is 1. The number of amides is 1. The third kappa shape index (κ3) is 4.90. The molecule has 0 fully saturated rings. The van der Waals surface area contributed by atoms with E-state index >= 15 is 0 Å². The maximum absolute atomic E-state index is 11.8. The van der Waals surface area contributed by atoms with Crippen LogP contribution in [0, 0.1) is 10.1 Å². The van der Waals surface area contributed by atoms with Crippen LogP contribution in [0.15, 0.2) is 58.5 Å². The normalized spacial score (nSPS) is 10.7. The molecule has 0 aliphatic carbocycles. The largest absolute Gasteiger partial charge is 0.396 e. The standard InChI is InChI=1S/C16H15N3O4S/c20-8-9-24-15-7-6-12(10-14(15)19(22)23)11-17-18-16(21)13-4-2-1-3-5-13/h1-7,10-11,20H,8-9H2,(H,18,21)/b17-11-. The Hall–Kier alpha value is -2.71. The second-order valence-corrected chi connectivity index (χ2v) is 5.76. The molecule has 0 saturated carbocycles. The van der Waals surface area contributed by atoms with E-state index in [2.05, 4.69) is 10.5 Å². The van der Waals surface area contributed by atoms with Crippen molar-refractivity contribution in [3.8, 4) is 0 Å². The third-order valence-corrected chi connectivity index (χ3v) is 3.99. The Kier molecular flexibility index (Phi) is 6.47. The van der Waals surface area contributed by atoms with E-state index in [0.29, 0.717) is 21.8 Å². The van der Waals surface area contributed by atoms with Gasteiger partial charge in [-0.25, -0.2) is 5.43 Å². The highest BCUT2D eigenvalue weighted by Gasteiger charge is 2.14. The van der Waals surface area contributed by atoms with Gasteiger partial charge in [0.1, 0.15) is 0 Å². The molecule has 0 saturated heterocycles. The smallest absolute Gasteiger partial charge is 0.283 e. The van der Waals surface area contributed by atoms with E-state index in [1.165, 1.54) is 24.0 Å². The molecule has 0 heterocycles. The van der Waals surface area contributed by atoms with Gasteiger partial charge in [-0.1, -0.05) is 24.3 Å². The maximum Gasteiger partial charge on any atom is 0.283 e. The minimum absolute atomic E-state index is 0.0590. The van der Waals surface area contributed by atoms with Crippen molar-refractivity contribution >= 4 is 29.6 Å². The molecule has 0 bridgehead atoms. The van der Waals surface area contributed by atoms with Crippen LogP contribution >= 0.6 is 11.8 Å². The van der Waals surface area contributed by atoms with Crippen LogP contribution in [-0.2, 0) is 0 Å². The van der Waals surface area contributed by atoms with E-state index in [4.69, 9.17) is 5.11 Å². The average Bonchev–Trinajstić information content (AvgIpc) is 2.61. The fraction of sp³-hybridized carbons (Fsp3) is 0.125. The summed E-state index contributed by atoms with van der Waals surface area (Å²) in [6, 6.07) is 13.2. The van der Waals surface area contributed by atoms with Crippen molar-refractivity contribution < 1.29 is 14.8 Å². The molecular weight excluding hydrogens is 330 g/mol. The first-order valence-corrected chi connectivity index (χ1v) is 8.01. The van der Waals surface area contributed by atoms with Crippen molar-refractivity contribution in [2.24, 2.45) is 5.10 Å². The summed E-state index contributed by atoms with van der Waals surface area (Å²) in [7, 11) is 0. The molecule has 0 spiro atoms. The zero-order chi connectivity index (χ0) is 17.4. The molecule has 124 valence electrons. The number of nitrogens with zero attached hydrogens (tertiary/aromatic N) is 2. The van der Waals surface area contributed by atoms with Crippen molar-refractivity contribution in [2.45, 2.75) is 4.90 Å². The average molecular weight is 345 g/mol. The summed E-state index contributed by atoms with van der Waals surface area (Å²) in [4.78, 5) is 22.9. The molecule has 2 rings (SSSR count). The first-order chi connectivity index (χ1) is 11.6. The summed E-state index contributed by atoms with van der Waals surface area (Å²) in [5.74, 6) is 0.0120. The number of carbonyl (C=O) groups is 1. The first kappa shape index (κ1) is 17.6. The molecule has 2 aromatic rings. The van der Waals surface area contributed by atoms with E-state index in [9.17, 15) is 14.9 Å². The van der Waals surface area contributed by atoms with Crippen molar-refractivity contribution in [3.63, 3.8) is 0 Å². The van der Waals surface area contributed by atoms with Gasteiger partial charge in [0.2, 0.25) is 0 Å². The number of aliphatic hydroxyl groups excluding tert-OH is 1. The van der Waals surface area contributed by atoms with Crippen molar-refractivity contribution in [3.05, 3.63) is 69.8 Å². The molecule has 0 radical (unpaired) electrons. The topological polar surface area (TPSA) is 105 Å². The number of benzene rings is 2. The van der Waals surface area contributed by atoms with E-state index in [1.807, 2.05) is 0 Å². The number of aliphatic hydroxyl groups is 1. The zero-order valence-corrected chi connectivity index (χ0v) is 13.4. The summed E-state index contributed by atoms with van der Waals surface area (Å²) in [5.41, 5.74) is 3.26.